The minimum absolute atomic E-state index is 0.0248. The van der Waals surface area contributed by atoms with Crippen LogP contribution in [-0.2, 0) is 10.0 Å². The van der Waals surface area contributed by atoms with E-state index in [9.17, 15) is 17.2 Å². The fourth-order valence-corrected chi connectivity index (χ4v) is 2.64. The highest BCUT2D eigenvalue weighted by Crippen LogP contribution is 2.22. The Labute approximate surface area is 113 Å². The van der Waals surface area contributed by atoms with Gasteiger partial charge in [-0.1, -0.05) is 0 Å². The van der Waals surface area contributed by atoms with Crippen molar-refractivity contribution in [3.8, 4) is 0 Å². The number of nitrogen functional groups attached to an aromatic ring is 1. The second-order valence-corrected chi connectivity index (χ2v) is 5.33. The zero-order valence-electron chi connectivity index (χ0n) is 9.97. The Bertz CT molecular complexity index is 737. The first kappa shape index (κ1) is 14.2. The molecule has 0 fully saturated rings. The van der Waals surface area contributed by atoms with Gasteiger partial charge in [-0.15, -0.1) is 0 Å². The van der Waals surface area contributed by atoms with Crippen LogP contribution in [0.4, 0.5) is 20.2 Å². The van der Waals surface area contributed by atoms with Gasteiger partial charge in [-0.05, 0) is 24.3 Å². The number of halogens is 2. The maximum absolute atomic E-state index is 13.4. The number of anilines is 2. The molecule has 0 radical (unpaired) electrons. The lowest BCUT2D eigenvalue weighted by atomic mass is 10.3. The molecule has 106 valence electrons. The number of aromatic nitrogens is 1. The molecule has 6 nitrogen and oxygen atoms in total. The molecule has 20 heavy (non-hydrogen) atoms. The SMILES string of the molecule is NNc1cccnc1S(=O)(=O)Nc1cc(F)ccc1F. The van der Waals surface area contributed by atoms with E-state index in [1.54, 1.807) is 0 Å². The summed E-state index contributed by atoms with van der Waals surface area (Å²) >= 11 is 0. The number of hydrogen-bond donors (Lipinski definition) is 3. The normalized spacial score (nSPS) is 11.2. The molecule has 0 aliphatic carbocycles. The second kappa shape index (κ2) is 5.39. The largest absolute Gasteiger partial charge is 0.321 e. The van der Waals surface area contributed by atoms with E-state index < -0.39 is 32.4 Å². The molecule has 1 aromatic carbocycles. The van der Waals surface area contributed by atoms with Gasteiger partial charge in [-0.3, -0.25) is 10.6 Å². The lowest BCUT2D eigenvalue weighted by molar-refractivity contribution is 0.592. The van der Waals surface area contributed by atoms with Crippen LogP contribution in [0.25, 0.3) is 0 Å². The smallest absolute Gasteiger partial charge is 0.281 e. The van der Waals surface area contributed by atoms with Gasteiger partial charge in [-0.25, -0.2) is 13.8 Å². The third-order valence-electron chi connectivity index (χ3n) is 2.35. The topological polar surface area (TPSA) is 97.1 Å². The van der Waals surface area contributed by atoms with Crippen LogP contribution < -0.4 is 16.0 Å². The number of hydrogen-bond acceptors (Lipinski definition) is 5. The van der Waals surface area contributed by atoms with Gasteiger partial charge in [0.25, 0.3) is 10.0 Å². The first-order valence-corrected chi connectivity index (χ1v) is 6.82. The summed E-state index contributed by atoms with van der Waals surface area (Å²) in [6, 6.07) is 5.26. The van der Waals surface area contributed by atoms with E-state index in [-0.39, 0.29) is 5.69 Å². The Morgan fingerprint density at radius 1 is 1.15 bits per heavy atom. The fraction of sp³-hybridized carbons (Fsp3) is 0. The third kappa shape index (κ3) is 2.83. The molecule has 9 heteroatoms. The van der Waals surface area contributed by atoms with Crippen LogP contribution in [0.15, 0.2) is 41.6 Å². The van der Waals surface area contributed by atoms with Crippen LogP contribution in [0.2, 0.25) is 0 Å². The Balaban J connectivity index is 2.43. The predicted octanol–water partition coefficient (Wildman–Crippen LogP) is 1.45. The molecule has 0 amide bonds. The van der Waals surface area contributed by atoms with Crippen LogP contribution in [0.3, 0.4) is 0 Å². The highest BCUT2D eigenvalue weighted by molar-refractivity contribution is 7.92. The van der Waals surface area contributed by atoms with Gasteiger partial charge in [-0.2, -0.15) is 8.42 Å². The lowest BCUT2D eigenvalue weighted by Crippen LogP contribution is -2.19. The van der Waals surface area contributed by atoms with Crippen LogP contribution in [0.1, 0.15) is 0 Å². The van der Waals surface area contributed by atoms with Crippen molar-refractivity contribution in [1.29, 1.82) is 0 Å². The van der Waals surface area contributed by atoms with Crippen LogP contribution in [-0.4, -0.2) is 13.4 Å². The number of nitrogens with one attached hydrogen (secondary N) is 2. The van der Waals surface area contributed by atoms with Crippen molar-refractivity contribution in [3.05, 3.63) is 48.2 Å². The highest BCUT2D eigenvalue weighted by Gasteiger charge is 2.21. The molecular weight excluding hydrogens is 290 g/mol. The average Bonchev–Trinajstić information content (AvgIpc) is 2.42. The van der Waals surface area contributed by atoms with Crippen molar-refractivity contribution >= 4 is 21.4 Å². The minimum atomic E-state index is -4.21. The summed E-state index contributed by atoms with van der Waals surface area (Å²) < 4.78 is 52.6. The zero-order chi connectivity index (χ0) is 14.8. The van der Waals surface area contributed by atoms with Crippen molar-refractivity contribution in [2.24, 2.45) is 5.84 Å². The Hall–Kier alpha value is -2.26. The molecule has 2 rings (SSSR count). The molecule has 0 saturated heterocycles. The molecule has 4 N–H and O–H groups in total. The van der Waals surface area contributed by atoms with Crippen LogP contribution in [0.5, 0.6) is 0 Å². The maximum atomic E-state index is 13.4. The maximum Gasteiger partial charge on any atom is 0.281 e. The number of hydrazine groups is 1. The van der Waals surface area contributed by atoms with Crippen molar-refractivity contribution in [1.82, 2.24) is 4.98 Å². The number of sulfonamides is 1. The summed E-state index contributed by atoms with van der Waals surface area (Å²) in [5, 5.41) is -0.425. The standard InChI is InChI=1S/C11H10F2N4O2S/c12-7-3-4-8(13)10(6-7)17-20(18,19)11-9(16-14)2-1-5-15-11/h1-6,16-17H,14H2. The van der Waals surface area contributed by atoms with E-state index in [0.717, 1.165) is 18.2 Å². The first-order chi connectivity index (χ1) is 9.44. The van der Waals surface area contributed by atoms with Crippen molar-refractivity contribution in [2.45, 2.75) is 5.03 Å². The van der Waals surface area contributed by atoms with Crippen molar-refractivity contribution in [2.75, 3.05) is 10.1 Å². The molecule has 0 saturated carbocycles. The summed E-state index contributed by atoms with van der Waals surface area (Å²) in [5.74, 6) is 3.49. The van der Waals surface area contributed by atoms with Gasteiger partial charge >= 0.3 is 0 Å². The first-order valence-electron chi connectivity index (χ1n) is 5.33. The number of pyridine rings is 1. The number of benzene rings is 1. The van der Waals surface area contributed by atoms with Crippen LogP contribution in [0, 0.1) is 11.6 Å². The van der Waals surface area contributed by atoms with E-state index in [2.05, 4.69) is 10.4 Å². The highest BCUT2D eigenvalue weighted by atomic mass is 32.2. The third-order valence-corrected chi connectivity index (χ3v) is 3.68. The Morgan fingerprint density at radius 3 is 2.60 bits per heavy atom. The Morgan fingerprint density at radius 2 is 1.90 bits per heavy atom. The summed E-state index contributed by atoms with van der Waals surface area (Å²) in [4.78, 5) is 3.66. The van der Waals surface area contributed by atoms with E-state index in [1.165, 1.54) is 18.3 Å². The molecule has 0 spiro atoms. The minimum Gasteiger partial charge on any atom is -0.321 e. The number of nitrogens with two attached hydrogens (primary N) is 1. The molecule has 0 aliphatic rings. The predicted molar refractivity (Wildman–Crippen MR) is 69.2 cm³/mol. The molecule has 0 unspecified atom stereocenters. The summed E-state index contributed by atoms with van der Waals surface area (Å²) in [6.07, 6.45) is 1.23. The van der Waals surface area contributed by atoms with Gasteiger partial charge in [0, 0.05) is 12.3 Å². The van der Waals surface area contributed by atoms with Gasteiger partial charge in [0.15, 0.2) is 0 Å². The number of nitrogens with zero attached hydrogens (tertiary/aromatic N) is 1. The summed E-state index contributed by atoms with van der Waals surface area (Å²) in [5.41, 5.74) is 1.67. The van der Waals surface area contributed by atoms with Crippen LogP contribution >= 0.6 is 0 Å². The van der Waals surface area contributed by atoms with Crippen molar-refractivity contribution < 1.29 is 17.2 Å². The monoisotopic (exact) mass is 300 g/mol. The van der Waals surface area contributed by atoms with Gasteiger partial charge in [0.05, 0.1) is 11.4 Å². The summed E-state index contributed by atoms with van der Waals surface area (Å²) in [7, 11) is -4.21. The number of rotatable bonds is 4. The second-order valence-electron chi connectivity index (χ2n) is 3.73. The van der Waals surface area contributed by atoms with Gasteiger partial charge in [0.2, 0.25) is 5.03 Å². The summed E-state index contributed by atoms with van der Waals surface area (Å²) in [6.45, 7) is 0. The molecule has 0 bridgehead atoms. The molecular formula is C11H10F2N4O2S. The fourth-order valence-electron chi connectivity index (χ4n) is 1.48. The quantitative estimate of drug-likeness (QED) is 0.586. The van der Waals surface area contributed by atoms with E-state index in [4.69, 9.17) is 5.84 Å². The zero-order valence-corrected chi connectivity index (χ0v) is 10.8. The molecule has 1 heterocycles. The van der Waals surface area contributed by atoms with E-state index in [0.29, 0.717) is 0 Å². The van der Waals surface area contributed by atoms with Gasteiger partial charge < -0.3 is 5.43 Å². The molecule has 1 aromatic heterocycles. The Kier molecular flexibility index (Phi) is 3.81. The molecule has 0 aliphatic heterocycles. The van der Waals surface area contributed by atoms with Gasteiger partial charge in [0.1, 0.15) is 11.6 Å². The average molecular weight is 300 g/mol. The van der Waals surface area contributed by atoms with E-state index >= 15 is 0 Å². The van der Waals surface area contributed by atoms with Crippen molar-refractivity contribution in [3.63, 3.8) is 0 Å². The molecule has 0 atom stereocenters. The lowest BCUT2D eigenvalue weighted by Gasteiger charge is -2.11. The van der Waals surface area contributed by atoms with E-state index in [1.807, 2.05) is 4.72 Å². The molecule has 2 aromatic rings.